The van der Waals surface area contributed by atoms with Crippen LogP contribution in [-0.4, -0.2) is 36.2 Å². The number of hydrogen-bond acceptors (Lipinski definition) is 6. The number of benzene rings is 1. The second-order valence-corrected chi connectivity index (χ2v) is 4.25. The molecule has 20 heavy (non-hydrogen) atoms. The Morgan fingerprint density at radius 2 is 2.35 bits per heavy atom. The minimum absolute atomic E-state index is 0.143. The number of hydrogen-bond donors (Lipinski definition) is 2. The second kappa shape index (κ2) is 6.36. The summed E-state index contributed by atoms with van der Waals surface area (Å²) in [6, 6.07) is 4.99. The Balaban J connectivity index is 2.29. The highest BCUT2D eigenvalue weighted by molar-refractivity contribution is 6.30. The van der Waals surface area contributed by atoms with Crippen molar-refractivity contribution < 1.29 is 14.1 Å². The molecule has 0 atom stereocenters. The molecule has 1 amide bonds. The van der Waals surface area contributed by atoms with Crippen molar-refractivity contribution in [2.75, 3.05) is 20.2 Å². The topological polar surface area (TPSA) is 103 Å². The maximum atomic E-state index is 11.6. The van der Waals surface area contributed by atoms with Crippen LogP contribution in [-0.2, 0) is 0 Å². The Morgan fingerprint density at radius 3 is 3.05 bits per heavy atom. The predicted molar refractivity (Wildman–Crippen MR) is 72.7 cm³/mol. The van der Waals surface area contributed by atoms with Crippen molar-refractivity contribution in [1.82, 2.24) is 15.5 Å². The van der Waals surface area contributed by atoms with E-state index < -0.39 is 5.91 Å². The Kier molecular flexibility index (Phi) is 4.54. The van der Waals surface area contributed by atoms with Crippen molar-refractivity contribution >= 4 is 17.5 Å². The van der Waals surface area contributed by atoms with E-state index in [0.717, 1.165) is 0 Å². The molecule has 3 N–H and O–H groups in total. The number of amides is 1. The maximum Gasteiger partial charge on any atom is 0.316 e. The molecule has 106 valence electrons. The van der Waals surface area contributed by atoms with Gasteiger partial charge in [-0.3, -0.25) is 4.79 Å². The first kappa shape index (κ1) is 14.3. The number of rotatable bonds is 5. The lowest BCUT2D eigenvalue weighted by molar-refractivity contribution is 0.0911. The average molecular weight is 297 g/mol. The smallest absolute Gasteiger partial charge is 0.316 e. The van der Waals surface area contributed by atoms with Crippen molar-refractivity contribution in [3.63, 3.8) is 0 Å². The molecule has 0 saturated carbocycles. The summed E-state index contributed by atoms with van der Waals surface area (Å²) in [6.45, 7) is 0.659. The molecule has 0 fully saturated rings. The minimum Gasteiger partial charge on any atom is -0.496 e. The monoisotopic (exact) mass is 296 g/mol. The summed E-state index contributed by atoms with van der Waals surface area (Å²) >= 11 is 5.93. The summed E-state index contributed by atoms with van der Waals surface area (Å²) in [5.74, 6) is 0.136. The van der Waals surface area contributed by atoms with Gasteiger partial charge in [0.2, 0.25) is 5.82 Å². The Hall–Kier alpha value is -2.12. The zero-order valence-electron chi connectivity index (χ0n) is 10.7. The standard InChI is InChI=1S/C12H13ClN4O3/c1-19-9-3-2-7(13)6-8(9)10-16-12(20-17-10)11(18)15-5-4-14/h2-3,6H,4-5,14H2,1H3,(H,15,18). The van der Waals surface area contributed by atoms with Gasteiger partial charge in [0.05, 0.1) is 12.7 Å². The summed E-state index contributed by atoms with van der Waals surface area (Å²) in [5, 5.41) is 6.78. The number of ether oxygens (including phenoxy) is 1. The number of nitrogens with zero attached hydrogens (tertiary/aromatic N) is 2. The van der Waals surface area contributed by atoms with Gasteiger partial charge < -0.3 is 20.3 Å². The van der Waals surface area contributed by atoms with Gasteiger partial charge in [-0.25, -0.2) is 0 Å². The number of aromatic nitrogens is 2. The predicted octanol–water partition coefficient (Wildman–Crippen LogP) is 1.09. The highest BCUT2D eigenvalue weighted by Gasteiger charge is 2.18. The third kappa shape index (κ3) is 3.06. The van der Waals surface area contributed by atoms with Crippen LogP contribution in [0.2, 0.25) is 5.02 Å². The SMILES string of the molecule is COc1ccc(Cl)cc1-c1noc(C(=O)NCCN)n1. The van der Waals surface area contributed by atoms with Gasteiger partial charge in [0, 0.05) is 18.1 Å². The largest absolute Gasteiger partial charge is 0.496 e. The number of halogens is 1. The van der Waals surface area contributed by atoms with E-state index in [1.54, 1.807) is 18.2 Å². The summed E-state index contributed by atoms with van der Waals surface area (Å²) in [7, 11) is 1.52. The summed E-state index contributed by atoms with van der Waals surface area (Å²) in [5.41, 5.74) is 5.84. The summed E-state index contributed by atoms with van der Waals surface area (Å²) in [4.78, 5) is 15.7. The van der Waals surface area contributed by atoms with Crippen LogP contribution in [0.25, 0.3) is 11.4 Å². The minimum atomic E-state index is -0.477. The van der Waals surface area contributed by atoms with Gasteiger partial charge in [0.15, 0.2) is 0 Å². The molecule has 7 nitrogen and oxygen atoms in total. The Bertz CT molecular complexity index is 614. The molecule has 0 saturated heterocycles. The molecule has 2 aromatic rings. The van der Waals surface area contributed by atoms with Crippen molar-refractivity contribution in [3.8, 4) is 17.1 Å². The number of nitrogens with two attached hydrogens (primary N) is 1. The molecular formula is C12H13ClN4O3. The van der Waals surface area contributed by atoms with Crippen LogP contribution in [0.1, 0.15) is 10.7 Å². The van der Waals surface area contributed by atoms with Crippen molar-refractivity contribution in [3.05, 3.63) is 29.1 Å². The number of nitrogens with one attached hydrogen (secondary N) is 1. The van der Waals surface area contributed by atoms with Gasteiger partial charge >= 0.3 is 11.8 Å². The zero-order valence-corrected chi connectivity index (χ0v) is 11.5. The average Bonchev–Trinajstić information content (AvgIpc) is 2.94. The van der Waals surface area contributed by atoms with Crippen LogP contribution in [0.5, 0.6) is 5.75 Å². The van der Waals surface area contributed by atoms with E-state index in [4.69, 9.17) is 26.6 Å². The molecule has 0 bridgehead atoms. The van der Waals surface area contributed by atoms with Gasteiger partial charge in [-0.15, -0.1) is 0 Å². The molecule has 2 rings (SSSR count). The third-order valence-electron chi connectivity index (χ3n) is 2.45. The Labute approximate surface area is 120 Å². The van der Waals surface area contributed by atoms with Crippen LogP contribution >= 0.6 is 11.6 Å². The molecule has 8 heteroatoms. The third-order valence-corrected chi connectivity index (χ3v) is 2.69. The fourth-order valence-electron chi connectivity index (χ4n) is 1.54. The van der Waals surface area contributed by atoms with Gasteiger partial charge in [-0.05, 0) is 18.2 Å². The lowest BCUT2D eigenvalue weighted by atomic mass is 10.2. The summed E-state index contributed by atoms with van der Waals surface area (Å²) in [6.07, 6.45) is 0. The molecule has 0 aliphatic heterocycles. The molecule has 0 aliphatic rings. The second-order valence-electron chi connectivity index (χ2n) is 3.81. The molecule has 0 unspecified atom stereocenters. The van der Waals surface area contributed by atoms with Crippen LogP contribution in [0.3, 0.4) is 0 Å². The molecule has 0 spiro atoms. The molecule has 1 aromatic carbocycles. The molecular weight excluding hydrogens is 284 g/mol. The van der Waals surface area contributed by atoms with E-state index in [2.05, 4.69) is 15.5 Å². The normalized spacial score (nSPS) is 10.3. The van der Waals surface area contributed by atoms with Gasteiger partial charge in [-0.2, -0.15) is 4.98 Å². The number of carbonyl (C=O) groups is 1. The van der Waals surface area contributed by atoms with Gasteiger partial charge in [0.1, 0.15) is 5.75 Å². The van der Waals surface area contributed by atoms with Crippen LogP contribution < -0.4 is 15.8 Å². The first-order valence-corrected chi connectivity index (χ1v) is 6.19. The van der Waals surface area contributed by atoms with Crippen molar-refractivity contribution in [2.45, 2.75) is 0 Å². The van der Waals surface area contributed by atoms with E-state index >= 15 is 0 Å². The van der Waals surface area contributed by atoms with Crippen LogP contribution in [0.4, 0.5) is 0 Å². The summed E-state index contributed by atoms with van der Waals surface area (Å²) < 4.78 is 10.1. The quantitative estimate of drug-likeness (QED) is 0.856. The first-order valence-electron chi connectivity index (χ1n) is 5.81. The van der Waals surface area contributed by atoms with E-state index in [9.17, 15) is 4.79 Å². The molecule has 0 aliphatic carbocycles. The molecule has 0 radical (unpaired) electrons. The van der Waals surface area contributed by atoms with Crippen LogP contribution in [0, 0.1) is 0 Å². The fraction of sp³-hybridized carbons (Fsp3) is 0.250. The molecule has 1 aromatic heterocycles. The first-order chi connectivity index (χ1) is 9.65. The van der Waals surface area contributed by atoms with E-state index in [1.807, 2.05) is 0 Å². The zero-order chi connectivity index (χ0) is 14.5. The van der Waals surface area contributed by atoms with E-state index in [0.29, 0.717) is 29.4 Å². The maximum absolute atomic E-state index is 11.6. The highest BCUT2D eigenvalue weighted by atomic mass is 35.5. The van der Waals surface area contributed by atoms with Gasteiger partial charge in [-0.1, -0.05) is 16.8 Å². The molecule has 1 heterocycles. The van der Waals surface area contributed by atoms with E-state index in [1.165, 1.54) is 7.11 Å². The van der Waals surface area contributed by atoms with Crippen molar-refractivity contribution in [1.29, 1.82) is 0 Å². The van der Waals surface area contributed by atoms with Gasteiger partial charge in [0.25, 0.3) is 0 Å². The highest BCUT2D eigenvalue weighted by Crippen LogP contribution is 2.30. The fourth-order valence-corrected chi connectivity index (χ4v) is 1.71. The number of methoxy groups -OCH3 is 1. The lowest BCUT2D eigenvalue weighted by Crippen LogP contribution is -2.29. The van der Waals surface area contributed by atoms with Crippen molar-refractivity contribution in [2.24, 2.45) is 5.73 Å². The lowest BCUT2D eigenvalue weighted by Gasteiger charge is -2.04. The Morgan fingerprint density at radius 1 is 1.55 bits per heavy atom. The van der Waals surface area contributed by atoms with Crippen LogP contribution in [0.15, 0.2) is 22.7 Å². The number of carbonyl (C=O) groups excluding carboxylic acids is 1. The van der Waals surface area contributed by atoms with E-state index in [-0.39, 0.29) is 11.7 Å².